The molecule has 1 aromatic heterocycles. The van der Waals surface area contributed by atoms with Crippen LogP contribution in [0.25, 0.3) is 0 Å². The molecule has 0 bridgehead atoms. The fourth-order valence-electron chi connectivity index (χ4n) is 1.88. The second-order valence-electron chi connectivity index (χ2n) is 4.35. The summed E-state index contributed by atoms with van der Waals surface area (Å²) in [6, 6.07) is 5.42. The van der Waals surface area contributed by atoms with E-state index in [1.54, 1.807) is 12.1 Å². The predicted octanol–water partition coefficient (Wildman–Crippen LogP) is 2.36. The first-order valence-corrected chi connectivity index (χ1v) is 6.54. The highest BCUT2D eigenvalue weighted by Gasteiger charge is 2.14. The van der Waals surface area contributed by atoms with E-state index in [1.807, 2.05) is 13.0 Å². The first-order chi connectivity index (χ1) is 10.3. The summed E-state index contributed by atoms with van der Waals surface area (Å²) in [5.41, 5.74) is 0.835. The van der Waals surface area contributed by atoms with Gasteiger partial charge in [0.05, 0.1) is 6.20 Å². The Hall–Kier alpha value is -2.57. The first-order valence-electron chi connectivity index (χ1n) is 6.54. The minimum absolute atomic E-state index is 0.0846. The van der Waals surface area contributed by atoms with E-state index >= 15 is 0 Å². The second-order valence-corrected chi connectivity index (χ2v) is 4.35. The lowest BCUT2D eigenvalue weighted by Gasteiger charge is -2.08. The Labute approximate surface area is 120 Å². The van der Waals surface area contributed by atoms with Crippen LogP contribution in [0, 0.1) is 5.82 Å². The molecule has 1 N–H and O–H groups in total. The molecule has 1 aliphatic heterocycles. The Morgan fingerprint density at radius 2 is 2.19 bits per heavy atom. The van der Waals surface area contributed by atoms with E-state index < -0.39 is 5.82 Å². The molecule has 21 heavy (non-hydrogen) atoms. The van der Waals surface area contributed by atoms with Gasteiger partial charge in [-0.15, -0.1) is 0 Å². The van der Waals surface area contributed by atoms with Gasteiger partial charge in [0.1, 0.15) is 6.61 Å². The number of nitrogens with one attached hydrogen (secondary N) is 1. The summed E-state index contributed by atoms with van der Waals surface area (Å²) in [5.74, 6) is 1.00. The zero-order chi connectivity index (χ0) is 14.7. The van der Waals surface area contributed by atoms with Crippen molar-refractivity contribution >= 4 is 5.95 Å². The maximum atomic E-state index is 13.6. The van der Waals surface area contributed by atoms with Crippen LogP contribution in [0.4, 0.5) is 10.3 Å². The van der Waals surface area contributed by atoms with Crippen LogP contribution < -0.4 is 19.5 Å². The lowest BCUT2D eigenvalue weighted by Crippen LogP contribution is -2.06. The quantitative estimate of drug-likeness (QED) is 0.912. The van der Waals surface area contributed by atoms with E-state index in [1.165, 1.54) is 0 Å². The molecule has 0 spiro atoms. The Balaban J connectivity index is 1.71. The van der Waals surface area contributed by atoms with Crippen LogP contribution in [-0.2, 0) is 6.61 Å². The van der Waals surface area contributed by atoms with E-state index in [9.17, 15) is 4.39 Å². The lowest BCUT2D eigenvalue weighted by molar-refractivity contribution is 0.174. The molecule has 0 radical (unpaired) electrons. The van der Waals surface area contributed by atoms with Crippen LogP contribution in [0.15, 0.2) is 24.4 Å². The molecule has 2 aromatic rings. The molecule has 6 nitrogen and oxygen atoms in total. The molecule has 7 heteroatoms. The number of fused-ring (bicyclic) bond motifs is 1. The van der Waals surface area contributed by atoms with E-state index in [-0.39, 0.29) is 19.3 Å². The normalized spacial score (nSPS) is 12.3. The van der Waals surface area contributed by atoms with Gasteiger partial charge in [-0.05, 0) is 24.6 Å². The number of hydrogen-bond acceptors (Lipinski definition) is 6. The fraction of sp³-hybridized carbons (Fsp3) is 0.286. The first kappa shape index (κ1) is 13.4. The van der Waals surface area contributed by atoms with Crippen LogP contribution >= 0.6 is 0 Å². The average Bonchev–Trinajstić information content (AvgIpc) is 2.95. The number of anilines is 1. The van der Waals surface area contributed by atoms with Gasteiger partial charge in [0.2, 0.25) is 18.6 Å². The molecule has 3 rings (SSSR count). The topological polar surface area (TPSA) is 65.5 Å². The highest BCUT2D eigenvalue weighted by atomic mass is 19.1. The van der Waals surface area contributed by atoms with Gasteiger partial charge in [-0.3, -0.25) is 0 Å². The molecule has 0 fully saturated rings. The van der Waals surface area contributed by atoms with Crippen LogP contribution in [0.1, 0.15) is 12.5 Å². The summed E-state index contributed by atoms with van der Waals surface area (Å²) >= 11 is 0. The van der Waals surface area contributed by atoms with Crippen LogP contribution in [-0.4, -0.2) is 23.3 Å². The van der Waals surface area contributed by atoms with Crippen molar-refractivity contribution in [1.29, 1.82) is 0 Å². The highest BCUT2D eigenvalue weighted by molar-refractivity contribution is 5.44. The summed E-state index contributed by atoms with van der Waals surface area (Å²) < 4.78 is 29.5. The van der Waals surface area contributed by atoms with Gasteiger partial charge < -0.3 is 19.5 Å². The lowest BCUT2D eigenvalue weighted by atomic mass is 10.2. The Kier molecular flexibility index (Phi) is 3.72. The molecule has 0 saturated heterocycles. The molecular weight excluding hydrogens is 277 g/mol. The van der Waals surface area contributed by atoms with Crippen molar-refractivity contribution in [2.75, 3.05) is 18.7 Å². The maximum absolute atomic E-state index is 13.6. The minimum atomic E-state index is -0.600. The zero-order valence-corrected chi connectivity index (χ0v) is 11.4. The van der Waals surface area contributed by atoms with E-state index in [4.69, 9.17) is 14.2 Å². The maximum Gasteiger partial charge on any atom is 0.255 e. The molecule has 1 aliphatic rings. The summed E-state index contributed by atoms with van der Waals surface area (Å²) in [5, 5.41) is 2.90. The highest BCUT2D eigenvalue weighted by Crippen LogP contribution is 2.32. The third-order valence-electron chi connectivity index (χ3n) is 2.86. The number of hydrogen-bond donors (Lipinski definition) is 1. The molecule has 2 heterocycles. The van der Waals surface area contributed by atoms with E-state index in [0.29, 0.717) is 24.0 Å². The molecule has 0 saturated carbocycles. The van der Waals surface area contributed by atoms with Gasteiger partial charge in [-0.1, -0.05) is 6.07 Å². The Morgan fingerprint density at radius 3 is 3.05 bits per heavy atom. The van der Waals surface area contributed by atoms with Gasteiger partial charge in [-0.25, -0.2) is 4.98 Å². The fourth-order valence-corrected chi connectivity index (χ4v) is 1.88. The van der Waals surface area contributed by atoms with Gasteiger partial charge in [-0.2, -0.15) is 9.37 Å². The number of aromatic nitrogens is 2. The van der Waals surface area contributed by atoms with E-state index in [2.05, 4.69) is 15.3 Å². The predicted molar refractivity (Wildman–Crippen MR) is 73.1 cm³/mol. The van der Waals surface area contributed by atoms with Crippen LogP contribution in [0.5, 0.6) is 17.4 Å². The summed E-state index contributed by atoms with van der Waals surface area (Å²) in [4.78, 5) is 7.79. The van der Waals surface area contributed by atoms with Crippen molar-refractivity contribution in [1.82, 2.24) is 9.97 Å². The van der Waals surface area contributed by atoms with Gasteiger partial charge in [0.25, 0.3) is 5.88 Å². The van der Waals surface area contributed by atoms with Crippen molar-refractivity contribution in [3.05, 3.63) is 35.8 Å². The molecule has 0 unspecified atom stereocenters. The Bertz CT molecular complexity index is 651. The zero-order valence-electron chi connectivity index (χ0n) is 11.4. The minimum Gasteiger partial charge on any atom is -0.471 e. The summed E-state index contributed by atoms with van der Waals surface area (Å²) in [6.45, 7) is 2.94. The molecular formula is C14H14FN3O3. The number of halogens is 1. The number of benzene rings is 1. The van der Waals surface area contributed by atoms with Gasteiger partial charge in [0.15, 0.2) is 11.5 Å². The van der Waals surface area contributed by atoms with Crippen LogP contribution in [0.3, 0.4) is 0 Å². The van der Waals surface area contributed by atoms with Crippen LogP contribution in [0.2, 0.25) is 0 Å². The molecule has 0 atom stereocenters. The van der Waals surface area contributed by atoms with Crippen molar-refractivity contribution in [2.24, 2.45) is 0 Å². The molecule has 0 aliphatic carbocycles. The SMILES string of the molecule is CCNc1ncc(F)c(OCc2ccc3c(c2)OCO3)n1. The second kappa shape index (κ2) is 5.82. The molecule has 110 valence electrons. The third kappa shape index (κ3) is 2.96. The number of ether oxygens (including phenoxy) is 3. The summed E-state index contributed by atoms with van der Waals surface area (Å²) in [6.07, 6.45) is 1.08. The van der Waals surface area contributed by atoms with Crippen molar-refractivity contribution in [3.8, 4) is 17.4 Å². The number of rotatable bonds is 5. The Morgan fingerprint density at radius 1 is 1.33 bits per heavy atom. The summed E-state index contributed by atoms with van der Waals surface area (Å²) in [7, 11) is 0. The molecule has 1 aromatic carbocycles. The average molecular weight is 291 g/mol. The smallest absolute Gasteiger partial charge is 0.255 e. The monoisotopic (exact) mass is 291 g/mol. The molecule has 0 amide bonds. The van der Waals surface area contributed by atoms with Crippen molar-refractivity contribution < 1.29 is 18.6 Å². The number of nitrogens with zero attached hydrogens (tertiary/aromatic N) is 2. The van der Waals surface area contributed by atoms with Crippen molar-refractivity contribution in [2.45, 2.75) is 13.5 Å². The van der Waals surface area contributed by atoms with E-state index in [0.717, 1.165) is 11.8 Å². The van der Waals surface area contributed by atoms with Crippen molar-refractivity contribution in [3.63, 3.8) is 0 Å². The van der Waals surface area contributed by atoms with Gasteiger partial charge in [0, 0.05) is 6.54 Å². The largest absolute Gasteiger partial charge is 0.471 e. The van der Waals surface area contributed by atoms with Gasteiger partial charge >= 0.3 is 0 Å². The standard InChI is InChI=1S/C14H14FN3O3/c1-2-16-14-17-6-10(15)13(18-14)19-7-9-3-4-11-12(5-9)21-8-20-11/h3-6H,2,7-8H2,1H3,(H,16,17,18). The third-order valence-corrected chi connectivity index (χ3v) is 2.86.